The number of thiophene rings is 1. The molecule has 1 N–H and O–H groups in total. The molecule has 0 spiro atoms. The first-order valence-electron chi connectivity index (χ1n) is 6.60. The molecular formula is C14H9Cl2F3N2O2S. The van der Waals surface area contributed by atoms with Gasteiger partial charge in [-0.2, -0.15) is 23.3 Å². The maximum absolute atomic E-state index is 13.2. The normalized spacial score (nSPS) is 21.5. The first kappa shape index (κ1) is 17.5. The molecule has 1 atom stereocenters. The summed E-state index contributed by atoms with van der Waals surface area (Å²) in [6, 6.07) is 4.83. The van der Waals surface area contributed by atoms with E-state index in [1.165, 1.54) is 6.92 Å². The van der Waals surface area contributed by atoms with Crippen LogP contribution < -0.4 is 0 Å². The number of aliphatic hydroxyl groups is 1. The number of carbonyl (C=O) groups excluding carboxylic acids is 1. The Balaban J connectivity index is 2.12. The van der Waals surface area contributed by atoms with Crippen molar-refractivity contribution < 1.29 is 23.1 Å². The first-order valence-corrected chi connectivity index (χ1v) is 8.18. The maximum atomic E-state index is 13.2. The minimum absolute atomic E-state index is 0.0153. The second-order valence-electron chi connectivity index (χ2n) is 5.30. The molecule has 0 unspecified atom stereocenters. The summed E-state index contributed by atoms with van der Waals surface area (Å²) >= 11 is 13.1. The van der Waals surface area contributed by atoms with Gasteiger partial charge in [-0.3, -0.25) is 4.79 Å². The van der Waals surface area contributed by atoms with Gasteiger partial charge in [0.25, 0.3) is 11.6 Å². The van der Waals surface area contributed by atoms with E-state index in [1.54, 1.807) is 18.2 Å². The van der Waals surface area contributed by atoms with Crippen LogP contribution in [0.1, 0.15) is 23.0 Å². The number of benzene rings is 1. The van der Waals surface area contributed by atoms with Crippen LogP contribution in [0.2, 0.25) is 10.0 Å². The summed E-state index contributed by atoms with van der Waals surface area (Å²) in [5.74, 6) is -1.13. The van der Waals surface area contributed by atoms with Crippen LogP contribution in [0.3, 0.4) is 0 Å². The molecule has 1 aromatic heterocycles. The van der Waals surface area contributed by atoms with Crippen molar-refractivity contribution in [1.82, 2.24) is 5.01 Å². The van der Waals surface area contributed by atoms with E-state index in [9.17, 15) is 23.1 Å². The molecule has 1 aliphatic heterocycles. The number of hydrazone groups is 1. The molecule has 128 valence electrons. The molecule has 3 rings (SSSR count). The van der Waals surface area contributed by atoms with Gasteiger partial charge in [-0.1, -0.05) is 29.3 Å². The summed E-state index contributed by atoms with van der Waals surface area (Å²) in [4.78, 5) is 12.4. The molecule has 0 fully saturated rings. The number of hydrogen-bond donors (Lipinski definition) is 1. The average molecular weight is 397 g/mol. The lowest BCUT2D eigenvalue weighted by Gasteiger charge is -2.32. The van der Waals surface area contributed by atoms with Crippen molar-refractivity contribution in [2.45, 2.75) is 25.2 Å². The van der Waals surface area contributed by atoms with Crippen LogP contribution in [-0.4, -0.2) is 33.6 Å². The minimum Gasteiger partial charge on any atom is -0.362 e. The van der Waals surface area contributed by atoms with Gasteiger partial charge in [0, 0.05) is 22.2 Å². The van der Waals surface area contributed by atoms with Gasteiger partial charge in [-0.05, 0) is 19.1 Å². The third-order valence-electron chi connectivity index (χ3n) is 3.57. The predicted octanol–water partition coefficient (Wildman–Crippen LogP) is 4.68. The highest BCUT2D eigenvalue weighted by molar-refractivity contribution is 7.21. The van der Waals surface area contributed by atoms with Crippen molar-refractivity contribution in [1.29, 1.82) is 0 Å². The van der Waals surface area contributed by atoms with E-state index in [-0.39, 0.29) is 25.6 Å². The number of alkyl halides is 3. The van der Waals surface area contributed by atoms with E-state index in [4.69, 9.17) is 23.2 Å². The van der Waals surface area contributed by atoms with Crippen molar-refractivity contribution in [3.05, 3.63) is 33.1 Å². The Hall–Kier alpha value is -1.35. The second kappa shape index (κ2) is 5.59. The van der Waals surface area contributed by atoms with Crippen molar-refractivity contribution >= 4 is 56.2 Å². The summed E-state index contributed by atoms with van der Waals surface area (Å²) < 4.78 is 40.3. The lowest BCUT2D eigenvalue weighted by atomic mass is 10.1. The Morgan fingerprint density at radius 2 is 2.08 bits per heavy atom. The van der Waals surface area contributed by atoms with E-state index in [2.05, 4.69) is 5.10 Å². The topological polar surface area (TPSA) is 52.9 Å². The lowest BCUT2D eigenvalue weighted by Crippen LogP contribution is -2.56. The molecule has 2 heterocycles. The van der Waals surface area contributed by atoms with E-state index >= 15 is 0 Å². The van der Waals surface area contributed by atoms with Gasteiger partial charge in [-0.15, -0.1) is 11.3 Å². The number of fused-ring (bicyclic) bond motifs is 1. The van der Waals surface area contributed by atoms with Crippen molar-refractivity contribution in [2.24, 2.45) is 5.10 Å². The molecule has 0 aliphatic carbocycles. The minimum atomic E-state index is -5.06. The molecule has 24 heavy (non-hydrogen) atoms. The van der Waals surface area contributed by atoms with Gasteiger partial charge < -0.3 is 5.11 Å². The van der Waals surface area contributed by atoms with E-state index < -0.39 is 24.2 Å². The van der Waals surface area contributed by atoms with Gasteiger partial charge in [0.1, 0.15) is 4.88 Å². The fourth-order valence-corrected chi connectivity index (χ4v) is 4.33. The highest BCUT2D eigenvalue weighted by Gasteiger charge is 2.63. The third-order valence-corrected chi connectivity index (χ3v) is 5.52. The molecule has 0 saturated heterocycles. The summed E-state index contributed by atoms with van der Waals surface area (Å²) in [6.45, 7) is 1.30. The zero-order valence-corrected chi connectivity index (χ0v) is 14.3. The summed E-state index contributed by atoms with van der Waals surface area (Å²) in [7, 11) is 0. The first-order chi connectivity index (χ1) is 11.1. The smallest absolute Gasteiger partial charge is 0.362 e. The van der Waals surface area contributed by atoms with Crippen LogP contribution in [-0.2, 0) is 0 Å². The Bertz CT molecular complexity index is 881. The van der Waals surface area contributed by atoms with Crippen molar-refractivity contribution in [3.8, 4) is 0 Å². The van der Waals surface area contributed by atoms with Gasteiger partial charge in [0.15, 0.2) is 0 Å². The zero-order chi connectivity index (χ0) is 17.9. The number of carbonyl (C=O) groups is 1. The Labute approximate surface area is 148 Å². The van der Waals surface area contributed by atoms with Crippen LogP contribution in [0.15, 0.2) is 23.3 Å². The fraction of sp³-hybridized carbons (Fsp3) is 0.286. The molecule has 0 bridgehead atoms. The molecule has 4 nitrogen and oxygen atoms in total. The summed E-state index contributed by atoms with van der Waals surface area (Å²) in [5, 5.41) is 14.2. The van der Waals surface area contributed by atoms with E-state index in [1.807, 2.05) is 0 Å². The number of rotatable bonds is 1. The summed E-state index contributed by atoms with van der Waals surface area (Å²) in [6.07, 6.45) is -5.88. The Kier molecular flexibility index (Phi) is 4.07. The maximum Gasteiger partial charge on any atom is 0.438 e. The average Bonchev–Trinajstić information content (AvgIpc) is 2.97. The van der Waals surface area contributed by atoms with Crippen molar-refractivity contribution in [3.63, 3.8) is 0 Å². The Morgan fingerprint density at radius 3 is 2.67 bits per heavy atom. The largest absolute Gasteiger partial charge is 0.438 e. The molecule has 0 saturated carbocycles. The standard InChI is InChI=1S/C14H9Cl2F3N2O2S/c1-6-5-13(23,14(17,18)19)21(20-6)12(22)11-10(16)9-7(15)3-2-4-8(9)24-11/h2-4,23H,5H2,1H3/t13-/m0/s1. The van der Waals surface area contributed by atoms with Crippen LogP contribution in [0.4, 0.5) is 13.2 Å². The Morgan fingerprint density at radius 1 is 1.42 bits per heavy atom. The number of halogens is 5. The van der Waals surface area contributed by atoms with Gasteiger partial charge in [0.2, 0.25) is 0 Å². The number of amides is 1. The third kappa shape index (κ3) is 2.48. The van der Waals surface area contributed by atoms with Gasteiger partial charge >= 0.3 is 6.18 Å². The van der Waals surface area contributed by atoms with E-state index in [0.29, 0.717) is 10.1 Å². The SMILES string of the molecule is CC1=NN(C(=O)c2sc3cccc(Cl)c3c2Cl)[C@@](O)(C(F)(F)F)C1. The van der Waals surface area contributed by atoms with Crippen LogP contribution >= 0.6 is 34.5 Å². The highest BCUT2D eigenvalue weighted by atomic mass is 35.5. The second-order valence-corrected chi connectivity index (χ2v) is 7.14. The quantitative estimate of drug-likeness (QED) is 0.760. The van der Waals surface area contributed by atoms with Gasteiger partial charge in [-0.25, -0.2) is 0 Å². The summed E-state index contributed by atoms with van der Waals surface area (Å²) in [5.41, 5.74) is -3.41. The highest BCUT2D eigenvalue weighted by Crippen LogP contribution is 2.44. The predicted molar refractivity (Wildman–Crippen MR) is 86.7 cm³/mol. The molecule has 1 aliphatic rings. The van der Waals surface area contributed by atoms with Crippen LogP contribution in [0.25, 0.3) is 10.1 Å². The lowest BCUT2D eigenvalue weighted by molar-refractivity contribution is -0.297. The fourth-order valence-electron chi connectivity index (χ4n) is 2.46. The van der Waals surface area contributed by atoms with Gasteiger partial charge in [0.05, 0.1) is 10.0 Å². The molecule has 2 aromatic rings. The zero-order valence-electron chi connectivity index (χ0n) is 12.0. The monoisotopic (exact) mass is 396 g/mol. The number of nitrogens with zero attached hydrogens (tertiary/aromatic N) is 2. The van der Waals surface area contributed by atoms with E-state index in [0.717, 1.165) is 11.3 Å². The molecule has 0 radical (unpaired) electrons. The van der Waals surface area contributed by atoms with Crippen molar-refractivity contribution in [2.75, 3.05) is 0 Å². The molecule has 10 heteroatoms. The molecule has 1 aromatic carbocycles. The number of hydrogen-bond acceptors (Lipinski definition) is 4. The molecule has 1 amide bonds. The van der Waals surface area contributed by atoms with Crippen LogP contribution in [0, 0.1) is 0 Å². The molecular weight excluding hydrogens is 388 g/mol. The van der Waals surface area contributed by atoms with Crippen LogP contribution in [0.5, 0.6) is 0 Å².